The van der Waals surface area contributed by atoms with E-state index in [1.54, 1.807) is 0 Å². The Bertz CT molecular complexity index is 577. The third-order valence-electron chi connectivity index (χ3n) is 3.39. The maximum atomic E-state index is 5.85. The largest absolute Gasteiger partial charge is 0.487 e. The third-order valence-corrected chi connectivity index (χ3v) is 3.64. The number of fused-ring (bicyclic) bond motifs is 1. The lowest BCUT2D eigenvalue weighted by Gasteiger charge is -2.14. The molecule has 0 spiro atoms. The van der Waals surface area contributed by atoms with Gasteiger partial charge in [-0.25, -0.2) is 0 Å². The Kier molecular flexibility index (Phi) is 3.44. The first-order chi connectivity index (χ1) is 9.24. The smallest absolute Gasteiger partial charge is 0.132 e. The molecule has 0 radical (unpaired) electrons. The monoisotopic (exact) mass is 277 g/mol. The summed E-state index contributed by atoms with van der Waals surface area (Å²) in [6, 6.07) is 7.40. The molecule has 1 aromatic carbocycles. The molecule has 0 atom stereocenters. The molecular formula is C14H16ClN3O. The Balaban J connectivity index is 1.75. The lowest BCUT2D eigenvalue weighted by molar-refractivity contribution is 0.299. The molecule has 3 rings (SSSR count). The van der Waals surface area contributed by atoms with Crippen LogP contribution in [0.25, 0.3) is 0 Å². The minimum atomic E-state index is 0.505. The van der Waals surface area contributed by atoms with Gasteiger partial charge in [0.1, 0.15) is 18.1 Å². The molecule has 5 heteroatoms. The summed E-state index contributed by atoms with van der Waals surface area (Å²) in [5, 5.41) is 8.63. The quantitative estimate of drug-likeness (QED) is 0.936. The van der Waals surface area contributed by atoms with Gasteiger partial charge in [0.2, 0.25) is 0 Å². The summed E-state index contributed by atoms with van der Waals surface area (Å²) < 4.78 is 7.72. The van der Waals surface area contributed by atoms with Crippen LogP contribution < -0.4 is 10.1 Å². The molecule has 0 saturated heterocycles. The number of nitrogens with zero attached hydrogens (tertiary/aromatic N) is 2. The van der Waals surface area contributed by atoms with Gasteiger partial charge in [0.15, 0.2) is 0 Å². The molecule has 2 heterocycles. The van der Waals surface area contributed by atoms with Crippen molar-refractivity contribution in [1.82, 2.24) is 15.1 Å². The van der Waals surface area contributed by atoms with E-state index >= 15 is 0 Å². The van der Waals surface area contributed by atoms with Crippen molar-refractivity contribution < 1.29 is 4.74 Å². The van der Waals surface area contributed by atoms with Crippen LogP contribution in [-0.4, -0.2) is 16.3 Å². The van der Waals surface area contributed by atoms with Gasteiger partial charge in [-0.05, 0) is 37.2 Å². The first kappa shape index (κ1) is 12.5. The number of hydrogen-bond acceptors (Lipinski definition) is 3. The van der Waals surface area contributed by atoms with E-state index in [0.717, 1.165) is 31.0 Å². The van der Waals surface area contributed by atoms with Gasteiger partial charge < -0.3 is 10.1 Å². The number of rotatable bonds is 3. The lowest BCUT2D eigenvalue weighted by atomic mass is 10.1. The van der Waals surface area contributed by atoms with E-state index in [1.807, 2.05) is 36.0 Å². The van der Waals surface area contributed by atoms with Crippen LogP contribution >= 0.6 is 11.6 Å². The molecule has 0 amide bonds. The molecule has 0 fully saturated rings. The fraction of sp³-hybridized carbons (Fsp3) is 0.357. The molecule has 0 unspecified atom stereocenters. The second-order valence-electron chi connectivity index (χ2n) is 4.66. The molecule has 1 aromatic heterocycles. The number of ether oxygens (including phenoxy) is 1. The van der Waals surface area contributed by atoms with Crippen LogP contribution in [0.2, 0.25) is 5.02 Å². The molecule has 19 heavy (non-hydrogen) atoms. The van der Waals surface area contributed by atoms with Crippen LogP contribution in [0.5, 0.6) is 5.75 Å². The van der Waals surface area contributed by atoms with E-state index in [1.165, 1.54) is 11.3 Å². The van der Waals surface area contributed by atoms with Crippen molar-refractivity contribution in [3.8, 4) is 5.75 Å². The van der Waals surface area contributed by atoms with Gasteiger partial charge in [-0.3, -0.25) is 4.68 Å². The summed E-state index contributed by atoms with van der Waals surface area (Å²) in [4.78, 5) is 0. The summed E-state index contributed by atoms with van der Waals surface area (Å²) in [5.74, 6) is 0.817. The van der Waals surface area contributed by atoms with Crippen molar-refractivity contribution in [1.29, 1.82) is 0 Å². The molecule has 0 bridgehead atoms. The average Bonchev–Trinajstić information content (AvgIpc) is 2.76. The summed E-state index contributed by atoms with van der Waals surface area (Å²) >= 11 is 5.85. The molecule has 0 saturated carbocycles. The Labute approximate surface area is 117 Å². The minimum absolute atomic E-state index is 0.505. The number of aromatic nitrogens is 2. The minimum Gasteiger partial charge on any atom is -0.487 e. The molecule has 1 N–H and O–H groups in total. The third kappa shape index (κ3) is 2.60. The summed E-state index contributed by atoms with van der Waals surface area (Å²) in [5.41, 5.74) is 3.63. The maximum absolute atomic E-state index is 5.85. The molecule has 1 aliphatic rings. The SMILES string of the molecule is Cn1nc(COc2ccc(Cl)cc2)c2c1CNCC2. The van der Waals surface area contributed by atoms with Gasteiger partial charge in [-0.1, -0.05) is 11.6 Å². The van der Waals surface area contributed by atoms with E-state index in [-0.39, 0.29) is 0 Å². The van der Waals surface area contributed by atoms with Gasteiger partial charge in [0, 0.05) is 24.2 Å². The number of benzene rings is 1. The van der Waals surface area contributed by atoms with Crippen LogP contribution in [0.4, 0.5) is 0 Å². The van der Waals surface area contributed by atoms with Crippen molar-refractivity contribution in [2.45, 2.75) is 19.6 Å². The van der Waals surface area contributed by atoms with Crippen molar-refractivity contribution >= 4 is 11.6 Å². The van der Waals surface area contributed by atoms with Gasteiger partial charge in [-0.15, -0.1) is 0 Å². The van der Waals surface area contributed by atoms with Crippen LogP contribution in [0, 0.1) is 0 Å². The van der Waals surface area contributed by atoms with Crippen molar-refractivity contribution in [3.05, 3.63) is 46.2 Å². The van der Waals surface area contributed by atoms with Gasteiger partial charge in [0.05, 0.1) is 5.69 Å². The second-order valence-corrected chi connectivity index (χ2v) is 5.10. The Morgan fingerprint density at radius 1 is 1.37 bits per heavy atom. The number of halogens is 1. The van der Waals surface area contributed by atoms with Crippen LogP contribution in [-0.2, 0) is 26.6 Å². The zero-order valence-corrected chi connectivity index (χ0v) is 11.6. The molecule has 2 aromatic rings. The predicted octanol–water partition coefficient (Wildman–Crippen LogP) is 2.30. The van der Waals surface area contributed by atoms with Crippen molar-refractivity contribution in [3.63, 3.8) is 0 Å². The Hall–Kier alpha value is -1.52. The molecule has 100 valence electrons. The fourth-order valence-corrected chi connectivity index (χ4v) is 2.52. The van der Waals surface area contributed by atoms with Crippen molar-refractivity contribution in [2.75, 3.05) is 6.54 Å². The van der Waals surface area contributed by atoms with E-state index in [0.29, 0.717) is 11.6 Å². The fourth-order valence-electron chi connectivity index (χ4n) is 2.39. The summed E-state index contributed by atoms with van der Waals surface area (Å²) in [6.45, 7) is 2.40. The first-order valence-electron chi connectivity index (χ1n) is 6.37. The molecule has 4 nitrogen and oxygen atoms in total. The van der Waals surface area contributed by atoms with E-state index in [2.05, 4.69) is 10.4 Å². The number of nitrogens with one attached hydrogen (secondary N) is 1. The summed E-state index contributed by atoms with van der Waals surface area (Å²) in [6.07, 6.45) is 1.02. The standard InChI is InChI=1S/C14H16ClN3O/c1-18-14-8-16-7-6-12(14)13(17-18)9-19-11-4-2-10(15)3-5-11/h2-5,16H,6-9H2,1H3. The first-order valence-corrected chi connectivity index (χ1v) is 6.74. The highest BCUT2D eigenvalue weighted by molar-refractivity contribution is 6.30. The highest BCUT2D eigenvalue weighted by Crippen LogP contribution is 2.21. The normalized spacial score (nSPS) is 14.2. The van der Waals surface area contributed by atoms with Gasteiger partial charge in [0.25, 0.3) is 0 Å². The molecule has 1 aliphatic heterocycles. The number of aryl methyl sites for hydroxylation is 1. The zero-order chi connectivity index (χ0) is 13.2. The van der Waals surface area contributed by atoms with E-state index in [9.17, 15) is 0 Å². The Morgan fingerprint density at radius 2 is 2.16 bits per heavy atom. The Morgan fingerprint density at radius 3 is 2.95 bits per heavy atom. The molecular weight excluding hydrogens is 262 g/mol. The lowest BCUT2D eigenvalue weighted by Crippen LogP contribution is -2.25. The highest BCUT2D eigenvalue weighted by atomic mass is 35.5. The molecule has 0 aliphatic carbocycles. The average molecular weight is 278 g/mol. The van der Waals surface area contributed by atoms with Crippen LogP contribution in [0.15, 0.2) is 24.3 Å². The van der Waals surface area contributed by atoms with Crippen LogP contribution in [0.3, 0.4) is 0 Å². The predicted molar refractivity (Wildman–Crippen MR) is 74.4 cm³/mol. The number of hydrogen-bond donors (Lipinski definition) is 1. The highest BCUT2D eigenvalue weighted by Gasteiger charge is 2.19. The van der Waals surface area contributed by atoms with E-state index < -0.39 is 0 Å². The van der Waals surface area contributed by atoms with E-state index in [4.69, 9.17) is 16.3 Å². The van der Waals surface area contributed by atoms with Gasteiger partial charge in [-0.2, -0.15) is 5.10 Å². The van der Waals surface area contributed by atoms with Crippen molar-refractivity contribution in [2.24, 2.45) is 7.05 Å². The van der Waals surface area contributed by atoms with Crippen LogP contribution in [0.1, 0.15) is 17.0 Å². The maximum Gasteiger partial charge on any atom is 0.132 e. The zero-order valence-electron chi connectivity index (χ0n) is 10.8. The second kappa shape index (κ2) is 5.23. The van der Waals surface area contributed by atoms with Gasteiger partial charge >= 0.3 is 0 Å². The topological polar surface area (TPSA) is 39.1 Å². The summed E-state index contributed by atoms with van der Waals surface area (Å²) in [7, 11) is 1.98.